The number of benzene rings is 3. The number of hydrogen-bond donors (Lipinski definition) is 1. The Morgan fingerprint density at radius 2 is 1.28 bits per heavy atom. The smallest absolute Gasteiger partial charge is 0.256 e. The van der Waals surface area contributed by atoms with Gasteiger partial charge >= 0.3 is 0 Å². The minimum Gasteiger partial charge on any atom is -0.312 e. The standard InChI is InChI=1S/C22H14F2N2OS2/c23-16-6-10-18(11-7-16)28-22(29-19-12-8-17(24)9-13-19)20(14-25)26-21(27)15-4-2-1-3-5-15/h1-13H,(H,26,27). The van der Waals surface area contributed by atoms with Crippen molar-refractivity contribution in [1.82, 2.24) is 5.32 Å². The van der Waals surface area contributed by atoms with Gasteiger partial charge in [-0.05, 0) is 60.7 Å². The zero-order valence-corrected chi connectivity index (χ0v) is 16.6. The van der Waals surface area contributed by atoms with Crippen LogP contribution in [0.1, 0.15) is 10.4 Å². The molecule has 1 amide bonds. The predicted octanol–water partition coefficient (Wildman–Crippen LogP) is 5.97. The SMILES string of the molecule is N#CC(NC(=O)c1ccccc1)=C(Sc1ccc(F)cc1)Sc1ccc(F)cc1. The van der Waals surface area contributed by atoms with Crippen LogP contribution < -0.4 is 5.32 Å². The number of halogens is 2. The van der Waals surface area contributed by atoms with Crippen LogP contribution in [0.15, 0.2) is 98.6 Å². The van der Waals surface area contributed by atoms with E-state index in [4.69, 9.17) is 0 Å². The molecule has 0 aromatic heterocycles. The number of thioether (sulfide) groups is 2. The summed E-state index contributed by atoms with van der Waals surface area (Å²) >= 11 is 2.42. The topological polar surface area (TPSA) is 52.9 Å². The zero-order chi connectivity index (χ0) is 20.6. The number of nitriles is 1. The summed E-state index contributed by atoms with van der Waals surface area (Å²) in [7, 11) is 0. The Labute approximate surface area is 175 Å². The number of allylic oxidation sites excluding steroid dienone is 1. The first-order valence-corrected chi connectivity index (χ1v) is 10.1. The number of nitrogens with zero attached hydrogens (tertiary/aromatic N) is 1. The van der Waals surface area contributed by atoms with Gasteiger partial charge in [0.1, 0.15) is 23.4 Å². The van der Waals surface area contributed by atoms with Crippen LogP contribution in [0.3, 0.4) is 0 Å². The molecule has 3 aromatic rings. The van der Waals surface area contributed by atoms with Crippen molar-refractivity contribution >= 4 is 29.4 Å². The molecule has 0 saturated carbocycles. The second kappa shape index (κ2) is 9.92. The second-order valence-corrected chi connectivity index (χ2v) is 8.13. The Morgan fingerprint density at radius 3 is 1.72 bits per heavy atom. The van der Waals surface area contributed by atoms with Gasteiger partial charge in [0.15, 0.2) is 0 Å². The Bertz CT molecular complexity index is 1010. The van der Waals surface area contributed by atoms with Crippen LogP contribution >= 0.6 is 23.5 Å². The molecule has 1 N–H and O–H groups in total. The average molecular weight is 424 g/mol. The molecule has 0 heterocycles. The fourth-order valence-electron chi connectivity index (χ4n) is 2.24. The van der Waals surface area contributed by atoms with E-state index in [-0.39, 0.29) is 17.3 Å². The molecule has 0 atom stereocenters. The zero-order valence-electron chi connectivity index (χ0n) is 14.9. The normalized spacial score (nSPS) is 10.1. The molecule has 0 aliphatic carbocycles. The van der Waals surface area contributed by atoms with Gasteiger partial charge in [-0.25, -0.2) is 8.78 Å². The molecule has 144 valence electrons. The third-order valence-electron chi connectivity index (χ3n) is 3.64. The fraction of sp³-hybridized carbons (Fsp3) is 0. The van der Waals surface area contributed by atoms with E-state index < -0.39 is 5.91 Å². The summed E-state index contributed by atoms with van der Waals surface area (Å²) in [4.78, 5) is 13.9. The average Bonchev–Trinajstić information content (AvgIpc) is 2.75. The summed E-state index contributed by atoms with van der Waals surface area (Å²) in [6, 6.07) is 22.2. The second-order valence-electron chi connectivity index (χ2n) is 5.71. The van der Waals surface area contributed by atoms with Crippen molar-refractivity contribution in [3.63, 3.8) is 0 Å². The maximum absolute atomic E-state index is 13.2. The highest BCUT2D eigenvalue weighted by Crippen LogP contribution is 2.40. The van der Waals surface area contributed by atoms with Crippen LogP contribution in [0.5, 0.6) is 0 Å². The number of hydrogen-bond acceptors (Lipinski definition) is 4. The van der Waals surface area contributed by atoms with Crippen molar-refractivity contribution in [2.45, 2.75) is 9.79 Å². The van der Waals surface area contributed by atoms with Crippen molar-refractivity contribution in [3.05, 3.63) is 106 Å². The van der Waals surface area contributed by atoms with Crippen molar-refractivity contribution in [3.8, 4) is 6.07 Å². The van der Waals surface area contributed by atoms with Crippen LogP contribution in [0, 0.1) is 23.0 Å². The lowest BCUT2D eigenvalue weighted by atomic mass is 10.2. The fourth-order valence-corrected chi connectivity index (χ4v) is 4.36. The third kappa shape index (κ3) is 5.95. The molecule has 0 spiro atoms. The number of rotatable bonds is 6. The Hall–Kier alpha value is -3.08. The number of nitrogens with one attached hydrogen (secondary N) is 1. The first kappa shape index (κ1) is 20.6. The Balaban J connectivity index is 1.93. The molecular formula is C22H14F2N2OS2. The molecule has 0 saturated heterocycles. The van der Waals surface area contributed by atoms with E-state index in [1.165, 1.54) is 47.8 Å². The van der Waals surface area contributed by atoms with Gasteiger partial charge in [0.2, 0.25) is 0 Å². The number of amides is 1. The third-order valence-corrected chi connectivity index (χ3v) is 5.93. The molecule has 7 heteroatoms. The van der Waals surface area contributed by atoms with Gasteiger partial charge in [0, 0.05) is 15.4 Å². The molecule has 0 fully saturated rings. The summed E-state index contributed by atoms with van der Waals surface area (Å²) in [6.07, 6.45) is 0. The molecule has 0 aliphatic rings. The predicted molar refractivity (Wildman–Crippen MR) is 111 cm³/mol. The van der Waals surface area contributed by atoms with Gasteiger partial charge in [-0.3, -0.25) is 4.79 Å². The van der Waals surface area contributed by atoms with Crippen LogP contribution in [-0.4, -0.2) is 5.91 Å². The van der Waals surface area contributed by atoms with E-state index in [9.17, 15) is 18.8 Å². The van der Waals surface area contributed by atoms with E-state index in [0.29, 0.717) is 19.6 Å². The maximum atomic E-state index is 13.2. The minimum atomic E-state index is -0.418. The molecular weight excluding hydrogens is 410 g/mol. The van der Waals surface area contributed by atoms with Crippen LogP contribution in [-0.2, 0) is 0 Å². The Morgan fingerprint density at radius 1 is 0.793 bits per heavy atom. The summed E-state index contributed by atoms with van der Waals surface area (Å²) in [5, 5.41) is 12.3. The van der Waals surface area contributed by atoms with Crippen molar-refractivity contribution in [1.29, 1.82) is 5.26 Å². The van der Waals surface area contributed by atoms with Crippen LogP contribution in [0.2, 0.25) is 0 Å². The summed E-state index contributed by atoms with van der Waals surface area (Å²) in [6.45, 7) is 0. The highest BCUT2D eigenvalue weighted by Gasteiger charge is 2.15. The van der Waals surface area contributed by atoms with E-state index in [1.807, 2.05) is 6.07 Å². The largest absolute Gasteiger partial charge is 0.312 e. The monoisotopic (exact) mass is 424 g/mol. The molecule has 0 radical (unpaired) electrons. The van der Waals surface area contributed by atoms with Crippen LogP contribution in [0.25, 0.3) is 0 Å². The van der Waals surface area contributed by atoms with Gasteiger partial charge in [-0.15, -0.1) is 0 Å². The highest BCUT2D eigenvalue weighted by atomic mass is 32.2. The van der Waals surface area contributed by atoms with Gasteiger partial charge in [-0.1, -0.05) is 41.7 Å². The van der Waals surface area contributed by atoms with E-state index in [1.54, 1.807) is 54.6 Å². The van der Waals surface area contributed by atoms with Gasteiger partial charge in [0.25, 0.3) is 5.91 Å². The van der Waals surface area contributed by atoms with Crippen LogP contribution in [0.4, 0.5) is 8.78 Å². The number of carbonyl (C=O) groups excluding carboxylic acids is 1. The van der Waals surface area contributed by atoms with Crippen molar-refractivity contribution < 1.29 is 13.6 Å². The summed E-state index contributed by atoms with van der Waals surface area (Å²) in [5.41, 5.74) is 0.473. The van der Waals surface area contributed by atoms with Gasteiger partial charge in [0.05, 0.1) is 4.24 Å². The molecule has 3 rings (SSSR count). The molecule has 29 heavy (non-hydrogen) atoms. The van der Waals surface area contributed by atoms with E-state index >= 15 is 0 Å². The van der Waals surface area contributed by atoms with E-state index in [0.717, 1.165) is 0 Å². The number of carbonyl (C=O) groups is 1. The quantitative estimate of drug-likeness (QED) is 0.391. The summed E-state index contributed by atoms with van der Waals surface area (Å²) < 4.78 is 26.9. The maximum Gasteiger partial charge on any atom is 0.256 e. The van der Waals surface area contributed by atoms with Gasteiger partial charge < -0.3 is 5.32 Å². The lowest BCUT2D eigenvalue weighted by Crippen LogP contribution is -2.22. The minimum absolute atomic E-state index is 0.0579. The van der Waals surface area contributed by atoms with Crippen molar-refractivity contribution in [2.24, 2.45) is 0 Å². The van der Waals surface area contributed by atoms with Crippen molar-refractivity contribution in [2.75, 3.05) is 0 Å². The van der Waals surface area contributed by atoms with E-state index in [2.05, 4.69) is 5.32 Å². The lowest BCUT2D eigenvalue weighted by molar-refractivity contribution is 0.0967. The van der Waals surface area contributed by atoms with Gasteiger partial charge in [-0.2, -0.15) is 5.26 Å². The first-order valence-electron chi connectivity index (χ1n) is 8.43. The molecule has 3 nitrogen and oxygen atoms in total. The molecule has 0 unspecified atom stereocenters. The summed E-state index contributed by atoms with van der Waals surface area (Å²) in [5.74, 6) is -1.16. The lowest BCUT2D eigenvalue weighted by Gasteiger charge is -2.11. The molecule has 3 aromatic carbocycles. The highest BCUT2D eigenvalue weighted by molar-refractivity contribution is 8.22. The first-order chi connectivity index (χ1) is 14.0. The molecule has 0 aliphatic heterocycles. The Kier molecular flexibility index (Phi) is 7.06. The molecule has 0 bridgehead atoms.